The number of hydrogen-bond acceptors (Lipinski definition) is 8. The summed E-state index contributed by atoms with van der Waals surface area (Å²) in [4.78, 5) is 22.8. The van der Waals surface area contributed by atoms with E-state index in [9.17, 15) is 23.3 Å². The van der Waals surface area contributed by atoms with E-state index in [1.54, 1.807) is 12.1 Å². The van der Waals surface area contributed by atoms with Crippen molar-refractivity contribution in [2.24, 2.45) is 0 Å². The monoisotopic (exact) mass is 436 g/mol. The van der Waals surface area contributed by atoms with Gasteiger partial charge in [0.15, 0.2) is 6.79 Å². The summed E-state index contributed by atoms with van der Waals surface area (Å²) in [5, 5.41) is 11.1. The Hall–Kier alpha value is -3.02. The molecule has 0 unspecified atom stereocenters. The number of non-ortho nitro benzene ring substituents is 1. The quantitative estimate of drug-likeness (QED) is 0.367. The van der Waals surface area contributed by atoms with Gasteiger partial charge in [-0.05, 0) is 19.1 Å². The first kappa shape index (κ1) is 21.7. The summed E-state index contributed by atoms with van der Waals surface area (Å²) in [7, 11) is -2.59. The number of likely N-dealkylation sites (N-methyl/N-ethyl adjacent to an activating group) is 1. The number of sulfonamides is 1. The first-order valence-electron chi connectivity index (χ1n) is 8.88. The third-order valence-corrected chi connectivity index (χ3v) is 6.27. The van der Waals surface area contributed by atoms with Crippen molar-refractivity contribution < 1.29 is 32.3 Å². The smallest absolute Gasteiger partial charge is 0.321 e. The molecule has 3 rings (SSSR count). The van der Waals surface area contributed by atoms with Crippen LogP contribution in [-0.2, 0) is 37.5 Å². The minimum atomic E-state index is -3.86. The van der Waals surface area contributed by atoms with E-state index < -0.39 is 27.5 Å². The molecule has 0 fully saturated rings. The molecule has 0 spiro atoms. The summed E-state index contributed by atoms with van der Waals surface area (Å²) in [5.74, 6) is -0.444. The average Bonchev–Trinajstić information content (AvgIpc) is 2.72. The molecule has 1 heterocycles. The van der Waals surface area contributed by atoms with E-state index in [-0.39, 0.29) is 30.6 Å². The number of hydrogen-bond donors (Lipinski definition) is 0. The van der Waals surface area contributed by atoms with Gasteiger partial charge in [0.2, 0.25) is 10.0 Å². The lowest BCUT2D eigenvalue weighted by Gasteiger charge is -2.21. The molecule has 0 atom stereocenters. The standard InChI is InChI=1S/C19H20N2O8S/c1-13-3-5-17(6-4-13)30(25,26)20(2)9-18(22)28-11-15-8-16(21(23)24)7-14-10-27-12-29-19(14)15/h3-8H,9-12H2,1-2H3. The molecule has 2 aromatic carbocycles. The van der Waals surface area contributed by atoms with Crippen molar-refractivity contribution in [3.8, 4) is 5.75 Å². The topological polar surface area (TPSA) is 125 Å². The van der Waals surface area contributed by atoms with Crippen LogP contribution in [0, 0.1) is 17.0 Å². The van der Waals surface area contributed by atoms with Gasteiger partial charge in [0.05, 0.1) is 16.4 Å². The number of carbonyl (C=O) groups is 1. The Bertz CT molecular complexity index is 1070. The molecule has 0 radical (unpaired) electrons. The SMILES string of the molecule is Cc1ccc(S(=O)(=O)N(C)CC(=O)OCc2cc([N+](=O)[O-])cc3c2OCOC3)cc1. The molecule has 0 bridgehead atoms. The zero-order valence-corrected chi connectivity index (χ0v) is 17.2. The van der Waals surface area contributed by atoms with Crippen molar-refractivity contribution in [1.82, 2.24) is 4.31 Å². The van der Waals surface area contributed by atoms with Crippen molar-refractivity contribution >= 4 is 21.7 Å². The van der Waals surface area contributed by atoms with Gasteiger partial charge in [-0.3, -0.25) is 14.9 Å². The lowest BCUT2D eigenvalue weighted by molar-refractivity contribution is -0.385. The summed E-state index contributed by atoms with van der Waals surface area (Å²) < 4.78 is 41.7. The third kappa shape index (κ3) is 4.75. The highest BCUT2D eigenvalue weighted by atomic mass is 32.2. The van der Waals surface area contributed by atoms with Gasteiger partial charge in [-0.2, -0.15) is 4.31 Å². The second-order valence-electron chi connectivity index (χ2n) is 6.70. The molecule has 0 amide bonds. The van der Waals surface area contributed by atoms with E-state index in [0.717, 1.165) is 9.87 Å². The molecule has 11 heteroatoms. The number of nitro groups is 1. The number of ether oxygens (including phenoxy) is 3. The highest BCUT2D eigenvalue weighted by Crippen LogP contribution is 2.33. The molecular weight excluding hydrogens is 416 g/mol. The summed E-state index contributed by atoms with van der Waals surface area (Å²) in [6, 6.07) is 8.83. The van der Waals surface area contributed by atoms with Gasteiger partial charge in [0.25, 0.3) is 5.69 Å². The fourth-order valence-corrected chi connectivity index (χ4v) is 3.97. The van der Waals surface area contributed by atoms with Crippen molar-refractivity contribution in [3.63, 3.8) is 0 Å². The van der Waals surface area contributed by atoms with E-state index in [2.05, 4.69) is 0 Å². The van der Waals surface area contributed by atoms with Crippen LogP contribution in [0.4, 0.5) is 5.69 Å². The molecule has 10 nitrogen and oxygen atoms in total. The van der Waals surface area contributed by atoms with Crippen LogP contribution in [0.15, 0.2) is 41.3 Å². The van der Waals surface area contributed by atoms with E-state index in [1.807, 2.05) is 6.92 Å². The predicted molar refractivity (Wildman–Crippen MR) is 104 cm³/mol. The molecule has 0 aromatic heterocycles. The van der Waals surface area contributed by atoms with E-state index in [1.165, 1.54) is 31.3 Å². The van der Waals surface area contributed by atoms with Crippen LogP contribution < -0.4 is 4.74 Å². The Morgan fingerprint density at radius 2 is 1.97 bits per heavy atom. The van der Waals surface area contributed by atoms with Crippen LogP contribution in [-0.4, -0.2) is 44.0 Å². The number of nitrogens with zero attached hydrogens (tertiary/aromatic N) is 2. The van der Waals surface area contributed by atoms with Gasteiger partial charge in [-0.25, -0.2) is 8.42 Å². The number of carbonyl (C=O) groups excluding carboxylic acids is 1. The maximum absolute atomic E-state index is 12.6. The zero-order chi connectivity index (χ0) is 21.9. The lowest BCUT2D eigenvalue weighted by Crippen LogP contribution is -2.33. The first-order chi connectivity index (χ1) is 14.2. The fourth-order valence-electron chi connectivity index (χ4n) is 2.85. The highest BCUT2D eigenvalue weighted by Gasteiger charge is 2.25. The minimum absolute atomic E-state index is 0.0245. The lowest BCUT2D eigenvalue weighted by atomic mass is 10.1. The van der Waals surface area contributed by atoms with E-state index in [4.69, 9.17) is 14.2 Å². The minimum Gasteiger partial charge on any atom is -0.467 e. The number of nitro benzene ring substituents is 1. The Labute approximate surface area is 173 Å². The molecule has 2 aromatic rings. The molecule has 160 valence electrons. The Morgan fingerprint density at radius 1 is 1.27 bits per heavy atom. The predicted octanol–water partition coefficient (Wildman–Crippen LogP) is 2.13. The van der Waals surface area contributed by atoms with Gasteiger partial charge >= 0.3 is 5.97 Å². The molecule has 1 aliphatic rings. The van der Waals surface area contributed by atoms with E-state index >= 15 is 0 Å². The third-order valence-electron chi connectivity index (χ3n) is 4.45. The summed E-state index contributed by atoms with van der Waals surface area (Å²) >= 11 is 0. The fraction of sp³-hybridized carbons (Fsp3) is 0.316. The Balaban J connectivity index is 1.69. The maximum atomic E-state index is 12.6. The number of fused-ring (bicyclic) bond motifs is 1. The summed E-state index contributed by atoms with van der Waals surface area (Å²) in [6.45, 7) is 1.12. The van der Waals surface area contributed by atoms with Crippen molar-refractivity contribution in [3.05, 3.63) is 63.2 Å². The number of benzene rings is 2. The first-order valence-corrected chi connectivity index (χ1v) is 10.3. The van der Waals surface area contributed by atoms with Crippen molar-refractivity contribution in [2.75, 3.05) is 20.4 Å². The molecule has 30 heavy (non-hydrogen) atoms. The van der Waals surface area contributed by atoms with Crippen molar-refractivity contribution in [2.45, 2.75) is 25.0 Å². The van der Waals surface area contributed by atoms with Gasteiger partial charge in [0, 0.05) is 30.3 Å². The summed E-state index contributed by atoms with van der Waals surface area (Å²) in [6.07, 6.45) is 0. The van der Waals surface area contributed by atoms with E-state index in [0.29, 0.717) is 16.9 Å². The van der Waals surface area contributed by atoms with Gasteiger partial charge in [0.1, 0.15) is 18.9 Å². The maximum Gasteiger partial charge on any atom is 0.321 e. The van der Waals surface area contributed by atoms with Crippen LogP contribution in [0.1, 0.15) is 16.7 Å². The second-order valence-corrected chi connectivity index (χ2v) is 8.74. The normalized spacial score (nSPS) is 13.4. The molecular formula is C19H20N2O8S. The molecule has 0 aliphatic carbocycles. The van der Waals surface area contributed by atoms with Crippen LogP contribution in [0.5, 0.6) is 5.75 Å². The van der Waals surface area contributed by atoms with Gasteiger partial charge in [-0.15, -0.1) is 0 Å². The number of rotatable bonds is 7. The van der Waals surface area contributed by atoms with Crippen LogP contribution in [0.2, 0.25) is 0 Å². The molecule has 1 aliphatic heterocycles. The molecule has 0 saturated carbocycles. The van der Waals surface area contributed by atoms with Gasteiger partial charge in [-0.1, -0.05) is 17.7 Å². The molecule has 0 N–H and O–H groups in total. The highest BCUT2D eigenvalue weighted by molar-refractivity contribution is 7.89. The largest absolute Gasteiger partial charge is 0.467 e. The number of esters is 1. The summed E-state index contributed by atoms with van der Waals surface area (Å²) in [5.41, 5.74) is 1.50. The second kappa shape index (κ2) is 8.78. The Kier molecular flexibility index (Phi) is 6.34. The molecule has 0 saturated heterocycles. The van der Waals surface area contributed by atoms with Crippen LogP contribution in [0.3, 0.4) is 0 Å². The van der Waals surface area contributed by atoms with Crippen molar-refractivity contribution in [1.29, 1.82) is 0 Å². The number of aryl methyl sites for hydroxylation is 1. The van der Waals surface area contributed by atoms with Gasteiger partial charge < -0.3 is 14.2 Å². The zero-order valence-electron chi connectivity index (χ0n) is 16.4. The van der Waals surface area contributed by atoms with Crippen LogP contribution in [0.25, 0.3) is 0 Å². The Morgan fingerprint density at radius 3 is 2.63 bits per heavy atom. The van der Waals surface area contributed by atoms with Crippen LogP contribution >= 0.6 is 0 Å². The average molecular weight is 436 g/mol.